The van der Waals surface area contributed by atoms with Crippen LogP contribution in [0.3, 0.4) is 0 Å². The molecule has 2 rings (SSSR count). The molecule has 0 radical (unpaired) electrons. The van der Waals surface area contributed by atoms with E-state index in [1.54, 1.807) is 0 Å². The third kappa shape index (κ3) is 3.27. The Bertz CT molecular complexity index is 510. The summed E-state index contributed by atoms with van der Waals surface area (Å²) >= 11 is 0. The highest BCUT2D eigenvalue weighted by Gasteiger charge is 2.34. The van der Waals surface area contributed by atoms with Crippen molar-refractivity contribution in [3.63, 3.8) is 0 Å². The van der Waals surface area contributed by atoms with Crippen LogP contribution in [0, 0.1) is 11.7 Å². The minimum atomic E-state index is -4.83. The monoisotopic (exact) mass is 291 g/mol. The van der Waals surface area contributed by atoms with Crippen LogP contribution in [0.25, 0.3) is 0 Å². The van der Waals surface area contributed by atoms with Crippen molar-refractivity contribution < 1.29 is 27.5 Å². The predicted octanol–water partition coefficient (Wildman–Crippen LogP) is 2.35. The Hall–Kier alpha value is -1.63. The van der Waals surface area contributed by atoms with E-state index in [9.17, 15) is 22.4 Å². The van der Waals surface area contributed by atoms with E-state index in [0.717, 1.165) is 6.07 Å². The minimum absolute atomic E-state index is 0.136. The van der Waals surface area contributed by atoms with Gasteiger partial charge in [0.2, 0.25) is 0 Å². The van der Waals surface area contributed by atoms with E-state index in [1.165, 1.54) is 0 Å². The van der Waals surface area contributed by atoms with Gasteiger partial charge in [-0.05, 0) is 37.0 Å². The van der Waals surface area contributed by atoms with E-state index >= 15 is 0 Å². The molecule has 1 saturated carbocycles. The SMILES string of the molecule is O=C(NCC1CC(O)C1)c1ccc(F)c(C(F)(F)F)c1. The van der Waals surface area contributed by atoms with Crippen molar-refractivity contribution in [2.45, 2.75) is 25.1 Å². The molecule has 0 bridgehead atoms. The second kappa shape index (κ2) is 5.40. The molecule has 0 spiro atoms. The molecule has 1 fully saturated rings. The highest BCUT2D eigenvalue weighted by Crippen LogP contribution is 2.32. The largest absolute Gasteiger partial charge is 0.419 e. The maximum Gasteiger partial charge on any atom is 0.419 e. The molecule has 1 aliphatic carbocycles. The highest BCUT2D eigenvalue weighted by atomic mass is 19.4. The molecule has 2 N–H and O–H groups in total. The molecule has 1 aromatic carbocycles. The zero-order valence-corrected chi connectivity index (χ0v) is 10.4. The Morgan fingerprint density at radius 2 is 2.00 bits per heavy atom. The maximum absolute atomic E-state index is 13.1. The Morgan fingerprint density at radius 3 is 2.55 bits per heavy atom. The Morgan fingerprint density at radius 1 is 1.35 bits per heavy atom. The second-order valence-electron chi connectivity index (χ2n) is 4.89. The normalized spacial score (nSPS) is 22.2. The van der Waals surface area contributed by atoms with Crippen LogP contribution < -0.4 is 5.32 Å². The minimum Gasteiger partial charge on any atom is -0.393 e. The lowest BCUT2D eigenvalue weighted by atomic mass is 9.82. The van der Waals surface area contributed by atoms with Crippen molar-refractivity contribution in [2.75, 3.05) is 6.54 Å². The van der Waals surface area contributed by atoms with E-state index in [4.69, 9.17) is 5.11 Å². The summed E-state index contributed by atoms with van der Waals surface area (Å²) in [7, 11) is 0. The van der Waals surface area contributed by atoms with Crippen LogP contribution in [-0.2, 0) is 6.18 Å². The van der Waals surface area contributed by atoms with Crippen molar-refractivity contribution in [3.8, 4) is 0 Å². The van der Waals surface area contributed by atoms with Crippen LogP contribution in [0.4, 0.5) is 17.6 Å². The molecule has 0 saturated heterocycles. The van der Waals surface area contributed by atoms with E-state index in [0.29, 0.717) is 25.0 Å². The van der Waals surface area contributed by atoms with Gasteiger partial charge in [0.1, 0.15) is 5.82 Å². The molecule has 0 aliphatic heterocycles. The fourth-order valence-electron chi connectivity index (χ4n) is 2.09. The summed E-state index contributed by atoms with van der Waals surface area (Å²) in [6, 6.07) is 2.14. The fourth-order valence-corrected chi connectivity index (χ4v) is 2.09. The zero-order chi connectivity index (χ0) is 14.9. The molecule has 20 heavy (non-hydrogen) atoms. The van der Waals surface area contributed by atoms with E-state index in [2.05, 4.69) is 5.32 Å². The Balaban J connectivity index is 2.03. The number of nitrogens with one attached hydrogen (secondary N) is 1. The average Bonchev–Trinajstić information content (AvgIpc) is 2.32. The van der Waals surface area contributed by atoms with Crippen LogP contribution in [0.15, 0.2) is 18.2 Å². The second-order valence-corrected chi connectivity index (χ2v) is 4.89. The summed E-state index contributed by atoms with van der Waals surface area (Å²) in [4.78, 5) is 11.7. The molecule has 1 aromatic rings. The van der Waals surface area contributed by atoms with Crippen molar-refractivity contribution >= 4 is 5.91 Å². The molecule has 7 heteroatoms. The lowest BCUT2D eigenvalue weighted by Crippen LogP contribution is -2.38. The summed E-state index contributed by atoms with van der Waals surface area (Å²) in [6.07, 6.45) is -4.06. The summed E-state index contributed by atoms with van der Waals surface area (Å²) in [5, 5.41) is 11.6. The quantitative estimate of drug-likeness (QED) is 0.840. The number of benzene rings is 1. The van der Waals surface area contributed by atoms with Crippen LogP contribution >= 0.6 is 0 Å². The van der Waals surface area contributed by atoms with Crippen LogP contribution in [0.1, 0.15) is 28.8 Å². The molecule has 0 aromatic heterocycles. The summed E-state index contributed by atoms with van der Waals surface area (Å²) < 4.78 is 50.6. The van der Waals surface area contributed by atoms with Gasteiger partial charge in [-0.2, -0.15) is 13.2 Å². The summed E-state index contributed by atoms with van der Waals surface area (Å²) in [5.41, 5.74) is -1.69. The van der Waals surface area contributed by atoms with E-state index in [1.807, 2.05) is 0 Å². The first kappa shape index (κ1) is 14.8. The van der Waals surface area contributed by atoms with E-state index in [-0.39, 0.29) is 24.1 Å². The Kier molecular flexibility index (Phi) is 3.99. The number of rotatable bonds is 3. The molecule has 1 aliphatic rings. The molecule has 0 atom stereocenters. The molecule has 0 unspecified atom stereocenters. The number of hydrogen-bond donors (Lipinski definition) is 2. The lowest BCUT2D eigenvalue weighted by Gasteiger charge is -2.31. The van der Waals surface area contributed by atoms with Crippen molar-refractivity contribution in [2.24, 2.45) is 5.92 Å². The van der Waals surface area contributed by atoms with E-state index < -0.39 is 23.5 Å². The molecule has 1 amide bonds. The van der Waals surface area contributed by atoms with Crippen LogP contribution in [0.5, 0.6) is 0 Å². The van der Waals surface area contributed by atoms with Gasteiger partial charge >= 0.3 is 6.18 Å². The third-order valence-electron chi connectivity index (χ3n) is 3.30. The number of carbonyl (C=O) groups is 1. The number of aliphatic hydroxyl groups is 1. The van der Waals surface area contributed by atoms with Gasteiger partial charge < -0.3 is 10.4 Å². The molecule has 0 heterocycles. The smallest absolute Gasteiger partial charge is 0.393 e. The first-order valence-corrected chi connectivity index (χ1v) is 6.10. The number of alkyl halides is 3. The number of carbonyl (C=O) groups excluding carboxylic acids is 1. The van der Waals surface area contributed by atoms with Gasteiger partial charge in [-0.3, -0.25) is 4.79 Å². The molecule has 3 nitrogen and oxygen atoms in total. The Labute approximate surface area is 112 Å². The molecular weight excluding hydrogens is 278 g/mol. The number of amides is 1. The molecule has 110 valence electrons. The van der Waals surface area contributed by atoms with Gasteiger partial charge in [0.25, 0.3) is 5.91 Å². The van der Waals surface area contributed by atoms with Gasteiger partial charge in [0.15, 0.2) is 0 Å². The van der Waals surface area contributed by atoms with Gasteiger partial charge in [0.05, 0.1) is 11.7 Å². The fraction of sp³-hybridized carbons (Fsp3) is 0.462. The third-order valence-corrected chi connectivity index (χ3v) is 3.30. The van der Waals surface area contributed by atoms with Gasteiger partial charge in [-0.1, -0.05) is 0 Å². The lowest BCUT2D eigenvalue weighted by molar-refractivity contribution is -0.140. The number of halogens is 4. The first-order valence-electron chi connectivity index (χ1n) is 6.10. The van der Waals surface area contributed by atoms with Crippen molar-refractivity contribution in [3.05, 3.63) is 35.1 Å². The van der Waals surface area contributed by atoms with Crippen LogP contribution in [-0.4, -0.2) is 23.7 Å². The summed E-state index contributed by atoms with van der Waals surface area (Å²) in [6.45, 7) is 0.286. The predicted molar refractivity (Wildman–Crippen MR) is 62.5 cm³/mol. The van der Waals surface area contributed by atoms with Gasteiger partial charge in [-0.15, -0.1) is 0 Å². The zero-order valence-electron chi connectivity index (χ0n) is 10.4. The van der Waals surface area contributed by atoms with Gasteiger partial charge in [0, 0.05) is 12.1 Å². The van der Waals surface area contributed by atoms with Gasteiger partial charge in [-0.25, -0.2) is 4.39 Å². The first-order chi connectivity index (χ1) is 9.27. The topological polar surface area (TPSA) is 49.3 Å². The maximum atomic E-state index is 13.1. The van der Waals surface area contributed by atoms with Crippen molar-refractivity contribution in [1.82, 2.24) is 5.32 Å². The summed E-state index contributed by atoms with van der Waals surface area (Å²) in [5.74, 6) is -1.95. The molecular formula is C13H13F4NO2. The number of hydrogen-bond acceptors (Lipinski definition) is 2. The van der Waals surface area contributed by atoms with Crippen LogP contribution in [0.2, 0.25) is 0 Å². The highest BCUT2D eigenvalue weighted by molar-refractivity contribution is 5.94. The average molecular weight is 291 g/mol. The van der Waals surface area contributed by atoms with Crippen molar-refractivity contribution in [1.29, 1.82) is 0 Å². The standard InChI is InChI=1S/C13H13F4NO2/c14-11-2-1-8(5-10(11)13(15,16)17)12(20)18-6-7-3-9(19)4-7/h1-2,5,7,9,19H,3-4,6H2,(H,18,20). The number of aliphatic hydroxyl groups excluding tert-OH is 1.